The molecule has 0 amide bonds. The fourth-order valence-corrected chi connectivity index (χ4v) is 1.36. The second-order valence-corrected chi connectivity index (χ2v) is 3.63. The predicted molar refractivity (Wildman–Crippen MR) is 55.0 cm³/mol. The second kappa shape index (κ2) is 4.51. The Bertz CT molecular complexity index is 341. The summed E-state index contributed by atoms with van der Waals surface area (Å²) in [6.07, 6.45) is 0.0943. The molecule has 0 spiro atoms. The third kappa shape index (κ3) is 3.11. The summed E-state index contributed by atoms with van der Waals surface area (Å²) in [6, 6.07) is 5.95. The minimum absolute atomic E-state index is 0.0114. The number of benzene rings is 1. The zero-order chi connectivity index (χ0) is 11.5. The van der Waals surface area contributed by atoms with E-state index >= 15 is 0 Å². The lowest BCUT2D eigenvalue weighted by Gasteiger charge is -2.14. The molecule has 1 rings (SSSR count). The molecule has 0 saturated carbocycles. The van der Waals surface area contributed by atoms with Crippen molar-refractivity contribution in [3.63, 3.8) is 0 Å². The summed E-state index contributed by atoms with van der Waals surface area (Å²) in [5.74, 6) is -2.74. The first-order chi connectivity index (χ1) is 6.95. The number of alkyl halides is 2. The number of hydrogen-bond acceptors (Lipinski definition) is 1. The van der Waals surface area contributed by atoms with Gasteiger partial charge >= 0.3 is 0 Å². The highest BCUT2D eigenvalue weighted by molar-refractivity contribution is 5.78. The number of rotatable bonds is 4. The molecule has 0 aliphatic rings. The summed E-state index contributed by atoms with van der Waals surface area (Å²) >= 11 is 0. The van der Waals surface area contributed by atoms with Gasteiger partial charge in [-0.2, -0.15) is 0 Å². The van der Waals surface area contributed by atoms with Gasteiger partial charge in [-0.25, -0.2) is 8.78 Å². The van der Waals surface area contributed by atoms with Gasteiger partial charge in [-0.15, -0.1) is 0 Å². The molecule has 0 bridgehead atoms. The molecule has 0 N–H and O–H groups in total. The summed E-state index contributed by atoms with van der Waals surface area (Å²) in [6.45, 7) is 2.93. The van der Waals surface area contributed by atoms with Crippen molar-refractivity contribution in [2.45, 2.75) is 32.6 Å². The molecule has 0 aliphatic heterocycles. The average Bonchev–Trinajstić information content (AvgIpc) is 2.18. The van der Waals surface area contributed by atoms with Gasteiger partial charge in [-0.05, 0) is 12.5 Å². The highest BCUT2D eigenvalue weighted by atomic mass is 19.3. The molecule has 1 aromatic rings. The van der Waals surface area contributed by atoms with Crippen LogP contribution in [0.2, 0.25) is 0 Å². The van der Waals surface area contributed by atoms with Crippen molar-refractivity contribution in [1.29, 1.82) is 0 Å². The Morgan fingerprint density at radius 2 is 1.80 bits per heavy atom. The molecule has 0 aromatic heterocycles. The van der Waals surface area contributed by atoms with E-state index in [2.05, 4.69) is 0 Å². The monoisotopic (exact) mass is 212 g/mol. The summed E-state index contributed by atoms with van der Waals surface area (Å²) in [4.78, 5) is 10.8. The molecule has 0 radical (unpaired) electrons. The minimum atomic E-state index is -2.77. The summed E-state index contributed by atoms with van der Waals surface area (Å²) in [7, 11) is 0. The Hall–Kier alpha value is -1.25. The van der Waals surface area contributed by atoms with Crippen molar-refractivity contribution in [3.8, 4) is 0 Å². The van der Waals surface area contributed by atoms with Crippen LogP contribution in [0, 0.1) is 0 Å². The van der Waals surface area contributed by atoms with Gasteiger partial charge in [0.15, 0.2) is 0 Å². The van der Waals surface area contributed by atoms with Gasteiger partial charge < -0.3 is 0 Å². The number of halogens is 2. The van der Waals surface area contributed by atoms with Gasteiger partial charge in [0.2, 0.25) is 0 Å². The van der Waals surface area contributed by atoms with E-state index in [9.17, 15) is 13.6 Å². The van der Waals surface area contributed by atoms with Crippen molar-refractivity contribution in [2.24, 2.45) is 0 Å². The molecule has 1 nitrogen and oxygen atoms in total. The van der Waals surface area contributed by atoms with Gasteiger partial charge in [0.1, 0.15) is 5.78 Å². The van der Waals surface area contributed by atoms with Crippen LogP contribution in [0.5, 0.6) is 0 Å². The van der Waals surface area contributed by atoms with Crippen molar-refractivity contribution in [3.05, 3.63) is 35.4 Å². The molecule has 0 unspecified atom stereocenters. The number of ketones is 1. The molecule has 15 heavy (non-hydrogen) atoms. The van der Waals surface area contributed by atoms with Crippen LogP contribution >= 0.6 is 0 Å². The normalized spacial score (nSPS) is 11.5. The van der Waals surface area contributed by atoms with Crippen molar-refractivity contribution < 1.29 is 13.6 Å². The van der Waals surface area contributed by atoms with E-state index in [0.717, 1.165) is 5.56 Å². The van der Waals surface area contributed by atoms with E-state index in [1.165, 1.54) is 26.0 Å². The van der Waals surface area contributed by atoms with Crippen LogP contribution in [0.25, 0.3) is 0 Å². The molecule has 0 fully saturated rings. The Kier molecular flexibility index (Phi) is 3.56. The first kappa shape index (κ1) is 11.8. The van der Waals surface area contributed by atoms with Crippen molar-refractivity contribution >= 4 is 5.78 Å². The molecular weight excluding hydrogens is 198 g/mol. The Balaban J connectivity index is 2.85. The molecular formula is C12H14F2O. The summed E-state index contributed by atoms with van der Waals surface area (Å²) in [5, 5.41) is 0. The molecule has 0 aliphatic carbocycles. The highest BCUT2D eigenvalue weighted by Gasteiger charge is 2.28. The van der Waals surface area contributed by atoms with E-state index in [1.807, 2.05) is 0 Å². The van der Waals surface area contributed by atoms with E-state index in [1.54, 1.807) is 12.1 Å². The smallest absolute Gasteiger partial charge is 0.273 e. The predicted octanol–water partition coefficient (Wildman–Crippen LogP) is 3.32. The average molecular weight is 212 g/mol. The Morgan fingerprint density at radius 3 is 2.20 bits per heavy atom. The lowest BCUT2D eigenvalue weighted by molar-refractivity contribution is -0.116. The SMILES string of the molecule is CCC(F)(F)c1ccc(CC(C)=O)cc1. The number of Topliss-reactive ketones (excluding diaryl/α,β-unsaturated/α-hetero) is 1. The third-order valence-corrected chi connectivity index (χ3v) is 2.27. The molecule has 3 heteroatoms. The minimum Gasteiger partial charge on any atom is -0.300 e. The third-order valence-electron chi connectivity index (χ3n) is 2.27. The van der Waals surface area contributed by atoms with Gasteiger partial charge in [-0.1, -0.05) is 31.2 Å². The molecule has 0 atom stereocenters. The highest BCUT2D eigenvalue weighted by Crippen LogP contribution is 2.31. The van der Waals surface area contributed by atoms with E-state index in [-0.39, 0.29) is 17.8 Å². The van der Waals surface area contributed by atoms with Crippen LogP contribution in [0.15, 0.2) is 24.3 Å². The van der Waals surface area contributed by atoms with Crippen molar-refractivity contribution in [2.75, 3.05) is 0 Å². The summed E-state index contributed by atoms with van der Waals surface area (Å²) in [5.41, 5.74) is 0.787. The number of carbonyl (C=O) groups excluding carboxylic acids is 1. The topological polar surface area (TPSA) is 17.1 Å². The second-order valence-electron chi connectivity index (χ2n) is 3.63. The lowest BCUT2D eigenvalue weighted by atomic mass is 10.0. The van der Waals surface area contributed by atoms with Crippen LogP contribution in [0.4, 0.5) is 8.78 Å². The maximum atomic E-state index is 13.2. The van der Waals surface area contributed by atoms with Crippen LogP contribution in [-0.4, -0.2) is 5.78 Å². The molecule has 1 aromatic carbocycles. The lowest BCUT2D eigenvalue weighted by Crippen LogP contribution is -2.11. The first-order valence-corrected chi connectivity index (χ1v) is 4.92. The van der Waals surface area contributed by atoms with E-state index in [4.69, 9.17) is 0 Å². The zero-order valence-corrected chi connectivity index (χ0v) is 8.89. The van der Waals surface area contributed by atoms with E-state index < -0.39 is 5.92 Å². The van der Waals surface area contributed by atoms with E-state index in [0.29, 0.717) is 6.42 Å². The first-order valence-electron chi connectivity index (χ1n) is 4.92. The number of hydrogen-bond donors (Lipinski definition) is 0. The molecule has 0 heterocycles. The van der Waals surface area contributed by atoms with Gasteiger partial charge in [0.25, 0.3) is 5.92 Å². The van der Waals surface area contributed by atoms with Gasteiger partial charge in [-0.3, -0.25) is 4.79 Å². The largest absolute Gasteiger partial charge is 0.300 e. The fourth-order valence-electron chi connectivity index (χ4n) is 1.36. The fraction of sp³-hybridized carbons (Fsp3) is 0.417. The summed E-state index contributed by atoms with van der Waals surface area (Å²) < 4.78 is 26.4. The van der Waals surface area contributed by atoms with Crippen LogP contribution < -0.4 is 0 Å². The Morgan fingerprint density at radius 1 is 1.27 bits per heavy atom. The standard InChI is InChI=1S/C12H14F2O/c1-3-12(13,14)11-6-4-10(5-7-11)8-9(2)15/h4-7H,3,8H2,1-2H3. The van der Waals surface area contributed by atoms with Crippen LogP contribution in [-0.2, 0) is 17.1 Å². The molecule has 0 saturated heterocycles. The molecule has 82 valence electrons. The maximum absolute atomic E-state index is 13.2. The maximum Gasteiger partial charge on any atom is 0.273 e. The zero-order valence-electron chi connectivity index (χ0n) is 8.89. The van der Waals surface area contributed by atoms with Gasteiger partial charge in [0, 0.05) is 18.4 Å². The van der Waals surface area contributed by atoms with Crippen LogP contribution in [0.1, 0.15) is 31.4 Å². The van der Waals surface area contributed by atoms with Gasteiger partial charge in [0.05, 0.1) is 0 Å². The van der Waals surface area contributed by atoms with Crippen LogP contribution in [0.3, 0.4) is 0 Å². The number of carbonyl (C=O) groups is 1. The van der Waals surface area contributed by atoms with Crippen molar-refractivity contribution in [1.82, 2.24) is 0 Å². The quantitative estimate of drug-likeness (QED) is 0.748. The Labute approximate surface area is 88.1 Å².